The minimum atomic E-state index is 0.288. The van der Waals surface area contributed by atoms with Crippen molar-refractivity contribution in [1.82, 2.24) is 4.90 Å². The summed E-state index contributed by atoms with van der Waals surface area (Å²) in [5.41, 5.74) is 3.80. The van der Waals surface area contributed by atoms with Gasteiger partial charge in [-0.15, -0.1) is 0 Å². The van der Waals surface area contributed by atoms with E-state index >= 15 is 0 Å². The van der Waals surface area contributed by atoms with Gasteiger partial charge in [-0.2, -0.15) is 0 Å². The Bertz CT molecular complexity index is 463. The molecule has 2 fully saturated rings. The first-order valence-electron chi connectivity index (χ1n) is 7.45. The second-order valence-corrected chi connectivity index (χ2v) is 6.90. The Labute approximate surface area is 110 Å². The Hall–Kier alpha value is -0.820. The van der Waals surface area contributed by atoms with Crippen molar-refractivity contribution in [2.75, 3.05) is 7.05 Å². The van der Waals surface area contributed by atoms with E-state index < -0.39 is 0 Å². The molecule has 0 radical (unpaired) electrons. The number of hydrogen-bond donors (Lipinski definition) is 0. The first kappa shape index (κ1) is 11.0. The van der Waals surface area contributed by atoms with Gasteiger partial charge in [0.15, 0.2) is 0 Å². The van der Waals surface area contributed by atoms with E-state index in [2.05, 4.69) is 50.1 Å². The van der Waals surface area contributed by atoms with Crippen LogP contribution < -0.4 is 0 Å². The molecule has 1 heteroatoms. The fourth-order valence-electron chi connectivity index (χ4n) is 5.58. The molecule has 1 saturated carbocycles. The summed E-state index contributed by atoms with van der Waals surface area (Å²) in [6.45, 7) is 4.99. The molecule has 2 heterocycles. The van der Waals surface area contributed by atoms with E-state index in [1.807, 2.05) is 0 Å². The monoisotopic (exact) mass is 241 g/mol. The highest BCUT2D eigenvalue weighted by molar-refractivity contribution is 5.49. The van der Waals surface area contributed by atoms with Crippen molar-refractivity contribution in [2.45, 2.75) is 50.6 Å². The lowest BCUT2D eigenvalue weighted by Gasteiger charge is -2.42. The van der Waals surface area contributed by atoms with E-state index in [1.54, 1.807) is 11.1 Å². The summed E-state index contributed by atoms with van der Waals surface area (Å²) in [6.07, 6.45) is 5.72. The SMILES string of the molecule is CN1C2(C)c3ccccc3C1(C)[C@H]1CCCC[C@H]12. The van der Waals surface area contributed by atoms with Gasteiger partial charge >= 0.3 is 0 Å². The summed E-state index contributed by atoms with van der Waals surface area (Å²) in [4.78, 5) is 2.70. The van der Waals surface area contributed by atoms with E-state index in [9.17, 15) is 0 Å². The summed E-state index contributed by atoms with van der Waals surface area (Å²) in [7, 11) is 2.36. The van der Waals surface area contributed by atoms with Crippen LogP contribution in [0, 0.1) is 11.8 Å². The predicted molar refractivity (Wildman–Crippen MR) is 74.4 cm³/mol. The average Bonchev–Trinajstić information content (AvgIpc) is 2.71. The zero-order valence-electron chi connectivity index (χ0n) is 11.7. The molecule has 4 rings (SSSR count). The maximum Gasteiger partial charge on any atom is 0.0473 e. The lowest BCUT2D eigenvalue weighted by atomic mass is 9.60. The van der Waals surface area contributed by atoms with Crippen LogP contribution in [0.2, 0.25) is 0 Å². The van der Waals surface area contributed by atoms with Gasteiger partial charge in [0, 0.05) is 11.1 Å². The molecular formula is C17H23N. The third-order valence-electron chi connectivity index (χ3n) is 6.62. The normalized spacial score (nSPS) is 45.9. The third-order valence-corrected chi connectivity index (χ3v) is 6.62. The maximum atomic E-state index is 2.70. The van der Waals surface area contributed by atoms with Gasteiger partial charge in [0.2, 0.25) is 0 Å². The summed E-state index contributed by atoms with van der Waals surface area (Å²) in [6, 6.07) is 9.20. The highest BCUT2D eigenvalue weighted by Gasteiger charge is 2.67. The van der Waals surface area contributed by atoms with E-state index in [-0.39, 0.29) is 11.1 Å². The minimum absolute atomic E-state index is 0.288. The molecule has 96 valence electrons. The molecule has 1 nitrogen and oxygen atoms in total. The Morgan fingerprint density at radius 1 is 0.944 bits per heavy atom. The van der Waals surface area contributed by atoms with Gasteiger partial charge in [0.1, 0.15) is 0 Å². The van der Waals surface area contributed by atoms with Crippen LogP contribution >= 0.6 is 0 Å². The van der Waals surface area contributed by atoms with E-state index in [0.29, 0.717) is 0 Å². The van der Waals surface area contributed by atoms with Crippen LogP contribution in [-0.4, -0.2) is 11.9 Å². The summed E-state index contributed by atoms with van der Waals surface area (Å²) in [5.74, 6) is 1.74. The lowest BCUT2D eigenvalue weighted by molar-refractivity contribution is 0.0983. The Morgan fingerprint density at radius 2 is 1.39 bits per heavy atom. The Balaban J connectivity index is 2.00. The Kier molecular flexibility index (Phi) is 1.96. The molecule has 1 aliphatic carbocycles. The average molecular weight is 241 g/mol. The molecule has 0 aromatic heterocycles. The number of nitrogens with zero attached hydrogens (tertiary/aromatic N) is 1. The molecule has 1 aromatic rings. The van der Waals surface area contributed by atoms with Gasteiger partial charge in [0.05, 0.1) is 0 Å². The highest BCUT2D eigenvalue weighted by Crippen LogP contribution is 2.67. The van der Waals surface area contributed by atoms with Crippen LogP contribution in [0.1, 0.15) is 50.7 Å². The van der Waals surface area contributed by atoms with Crippen molar-refractivity contribution >= 4 is 0 Å². The number of fused-ring (bicyclic) bond motifs is 8. The van der Waals surface area contributed by atoms with E-state index in [0.717, 1.165) is 11.8 Å². The molecule has 0 spiro atoms. The van der Waals surface area contributed by atoms with E-state index in [1.165, 1.54) is 25.7 Å². The third kappa shape index (κ3) is 0.934. The molecule has 4 atom stereocenters. The van der Waals surface area contributed by atoms with Crippen molar-refractivity contribution in [3.05, 3.63) is 35.4 Å². The molecule has 2 bridgehead atoms. The zero-order chi connectivity index (χ0) is 12.5. The minimum Gasteiger partial charge on any atom is -0.287 e. The summed E-state index contributed by atoms with van der Waals surface area (Å²) in [5, 5.41) is 0. The van der Waals surface area contributed by atoms with Gasteiger partial charge < -0.3 is 0 Å². The Morgan fingerprint density at radius 3 is 1.83 bits per heavy atom. The van der Waals surface area contributed by atoms with Crippen molar-refractivity contribution in [1.29, 1.82) is 0 Å². The van der Waals surface area contributed by atoms with Crippen LogP contribution in [0.4, 0.5) is 0 Å². The van der Waals surface area contributed by atoms with Crippen LogP contribution in [-0.2, 0) is 11.1 Å². The van der Waals surface area contributed by atoms with Crippen LogP contribution in [0.25, 0.3) is 0 Å². The van der Waals surface area contributed by atoms with Crippen LogP contribution in [0.5, 0.6) is 0 Å². The van der Waals surface area contributed by atoms with Gasteiger partial charge in [0.25, 0.3) is 0 Å². The largest absolute Gasteiger partial charge is 0.287 e. The molecule has 1 saturated heterocycles. The van der Waals surface area contributed by atoms with Gasteiger partial charge in [-0.3, -0.25) is 4.90 Å². The number of hydrogen-bond acceptors (Lipinski definition) is 1. The van der Waals surface area contributed by atoms with Crippen molar-refractivity contribution in [3.8, 4) is 0 Å². The molecule has 2 aliphatic heterocycles. The van der Waals surface area contributed by atoms with Crippen molar-refractivity contribution in [3.63, 3.8) is 0 Å². The molecule has 0 amide bonds. The smallest absolute Gasteiger partial charge is 0.0473 e. The molecule has 3 aliphatic rings. The number of benzene rings is 1. The molecule has 1 aromatic carbocycles. The molecule has 0 N–H and O–H groups in total. The predicted octanol–water partition coefficient (Wildman–Crippen LogP) is 3.88. The highest BCUT2D eigenvalue weighted by atomic mass is 15.3. The topological polar surface area (TPSA) is 3.24 Å². The lowest BCUT2D eigenvalue weighted by Crippen LogP contribution is -2.39. The standard InChI is InChI=1S/C17H23N/c1-16-12-8-4-6-10-14(12)17(2,18(16)3)15-11-7-5-9-13(15)16/h4,6,8,10,13,15H,5,7,9,11H2,1-3H3/t13-,15+,16?,17?. The van der Waals surface area contributed by atoms with Gasteiger partial charge in [-0.05, 0) is 56.7 Å². The molecule has 2 unspecified atom stereocenters. The zero-order valence-corrected chi connectivity index (χ0v) is 11.7. The van der Waals surface area contributed by atoms with Crippen molar-refractivity contribution in [2.24, 2.45) is 11.8 Å². The van der Waals surface area contributed by atoms with Gasteiger partial charge in [-0.25, -0.2) is 0 Å². The van der Waals surface area contributed by atoms with Gasteiger partial charge in [-0.1, -0.05) is 37.1 Å². The van der Waals surface area contributed by atoms with Crippen LogP contribution in [0.15, 0.2) is 24.3 Å². The summed E-state index contributed by atoms with van der Waals surface area (Å²) < 4.78 is 0. The fourth-order valence-corrected chi connectivity index (χ4v) is 5.58. The second-order valence-electron chi connectivity index (χ2n) is 6.90. The first-order valence-corrected chi connectivity index (χ1v) is 7.45. The van der Waals surface area contributed by atoms with Crippen LogP contribution in [0.3, 0.4) is 0 Å². The maximum absolute atomic E-state index is 2.70. The number of rotatable bonds is 0. The first-order chi connectivity index (χ1) is 8.61. The summed E-state index contributed by atoms with van der Waals surface area (Å²) >= 11 is 0. The van der Waals surface area contributed by atoms with E-state index in [4.69, 9.17) is 0 Å². The fraction of sp³-hybridized carbons (Fsp3) is 0.647. The molecular weight excluding hydrogens is 218 g/mol. The second kappa shape index (κ2) is 3.19. The molecule has 18 heavy (non-hydrogen) atoms. The quantitative estimate of drug-likeness (QED) is 0.666. The van der Waals surface area contributed by atoms with Crippen molar-refractivity contribution < 1.29 is 0 Å².